The third kappa shape index (κ3) is 0.479. The van der Waals surface area contributed by atoms with Gasteiger partial charge in [0.15, 0.2) is 0 Å². The maximum atomic E-state index is 2.74. The maximum Gasteiger partial charge on any atom is 0.0256 e. The summed E-state index contributed by atoms with van der Waals surface area (Å²) < 4.78 is 0.813. The molecule has 50 valence electrons. The van der Waals surface area contributed by atoms with Gasteiger partial charge in [0, 0.05) is 3.42 Å². The molecule has 4 saturated carbocycles. The second-order valence-electron chi connectivity index (χ2n) is 4.13. The Labute approximate surface area is 69.5 Å². The Morgan fingerprint density at radius 3 is 1.78 bits per heavy atom. The van der Waals surface area contributed by atoms with Crippen molar-refractivity contribution < 1.29 is 0 Å². The van der Waals surface area contributed by atoms with E-state index in [0.717, 1.165) is 9.34 Å². The first-order valence-corrected chi connectivity index (χ1v) is 5.05. The van der Waals surface area contributed by atoms with Gasteiger partial charge in [-0.05, 0) is 43.4 Å². The van der Waals surface area contributed by atoms with Crippen LogP contribution in [0.15, 0.2) is 0 Å². The zero-order valence-electron chi connectivity index (χ0n) is 5.44. The minimum Gasteiger partial charge on any atom is -0.0785 e. The summed E-state index contributed by atoms with van der Waals surface area (Å²) in [6.45, 7) is 0. The van der Waals surface area contributed by atoms with Crippen molar-refractivity contribution in [2.45, 2.75) is 29.1 Å². The predicted octanol–water partition coefficient (Wildman–Crippen LogP) is 2.61. The topological polar surface area (TPSA) is 0 Å². The van der Waals surface area contributed by atoms with Gasteiger partial charge in [-0.2, -0.15) is 0 Å². The zero-order chi connectivity index (χ0) is 6.06. The molecule has 0 aromatic carbocycles. The molecule has 4 aliphatic rings. The monoisotopic (exact) mass is 234 g/mol. The van der Waals surface area contributed by atoms with Crippen LogP contribution in [0.3, 0.4) is 0 Å². The summed E-state index contributed by atoms with van der Waals surface area (Å²) in [7, 11) is 0. The number of alkyl halides is 1. The highest BCUT2D eigenvalue weighted by Gasteiger charge is 2.61. The average molecular weight is 234 g/mol. The molecule has 4 bridgehead atoms. The van der Waals surface area contributed by atoms with Crippen molar-refractivity contribution in [1.82, 2.24) is 0 Å². The van der Waals surface area contributed by atoms with Gasteiger partial charge in [-0.15, -0.1) is 0 Å². The van der Waals surface area contributed by atoms with Gasteiger partial charge in [0.2, 0.25) is 0 Å². The van der Waals surface area contributed by atoms with Crippen molar-refractivity contribution in [3.8, 4) is 0 Å². The van der Waals surface area contributed by atoms with E-state index in [4.69, 9.17) is 0 Å². The van der Waals surface area contributed by atoms with Crippen LogP contribution in [0, 0.1) is 17.8 Å². The summed E-state index contributed by atoms with van der Waals surface area (Å²) in [5.41, 5.74) is 0. The molecule has 2 unspecified atom stereocenters. The van der Waals surface area contributed by atoms with Crippen LogP contribution in [0.2, 0.25) is 0 Å². The van der Waals surface area contributed by atoms with Crippen molar-refractivity contribution in [2.75, 3.05) is 0 Å². The quantitative estimate of drug-likeness (QED) is 0.446. The fourth-order valence-electron chi connectivity index (χ4n) is 3.42. The lowest BCUT2D eigenvalue weighted by atomic mass is 10.0. The van der Waals surface area contributed by atoms with Crippen molar-refractivity contribution in [3.63, 3.8) is 0 Å². The normalized spacial score (nSPS) is 68.3. The first-order valence-electron chi connectivity index (χ1n) is 3.97. The predicted molar refractivity (Wildman–Crippen MR) is 45.7 cm³/mol. The first-order chi connectivity index (χ1) is 4.28. The van der Waals surface area contributed by atoms with Crippen LogP contribution in [-0.2, 0) is 0 Å². The fraction of sp³-hybridized carbons (Fsp3) is 1.00. The summed E-state index contributed by atoms with van der Waals surface area (Å²) in [5, 5.41) is 0. The number of halogens is 1. The third-order valence-electron chi connectivity index (χ3n) is 3.78. The molecule has 0 saturated heterocycles. The highest BCUT2D eigenvalue weighted by molar-refractivity contribution is 14.1. The SMILES string of the molecule is IC12CC3CC1CC3C2. The molecule has 4 rings (SSSR count). The lowest BCUT2D eigenvalue weighted by Crippen LogP contribution is -2.17. The molecule has 9 heavy (non-hydrogen) atoms. The molecular weight excluding hydrogens is 223 g/mol. The van der Waals surface area contributed by atoms with Crippen molar-refractivity contribution in [2.24, 2.45) is 17.8 Å². The molecule has 0 radical (unpaired) electrons. The van der Waals surface area contributed by atoms with Crippen LogP contribution < -0.4 is 0 Å². The van der Waals surface area contributed by atoms with Crippen LogP contribution in [0.25, 0.3) is 0 Å². The van der Waals surface area contributed by atoms with Crippen LogP contribution >= 0.6 is 22.6 Å². The van der Waals surface area contributed by atoms with E-state index in [9.17, 15) is 0 Å². The summed E-state index contributed by atoms with van der Waals surface area (Å²) in [5.74, 6) is 3.49. The Morgan fingerprint density at radius 1 is 1.11 bits per heavy atom. The first kappa shape index (κ1) is 5.39. The minimum absolute atomic E-state index is 0.813. The maximum absolute atomic E-state index is 2.74. The lowest BCUT2D eigenvalue weighted by Gasteiger charge is -2.19. The van der Waals surface area contributed by atoms with Crippen molar-refractivity contribution in [1.29, 1.82) is 0 Å². The molecule has 0 heterocycles. The summed E-state index contributed by atoms with van der Waals surface area (Å²) in [6.07, 6.45) is 6.33. The molecule has 2 atom stereocenters. The summed E-state index contributed by atoms with van der Waals surface area (Å²) in [4.78, 5) is 0. The Hall–Kier alpha value is 0.730. The van der Waals surface area contributed by atoms with E-state index in [0.29, 0.717) is 0 Å². The Morgan fingerprint density at radius 2 is 1.67 bits per heavy atom. The summed E-state index contributed by atoms with van der Waals surface area (Å²) in [6, 6.07) is 0. The Balaban J connectivity index is 2.14. The van der Waals surface area contributed by atoms with Gasteiger partial charge in [-0.1, -0.05) is 22.6 Å². The Kier molecular flexibility index (Phi) is 0.802. The fourth-order valence-corrected chi connectivity index (χ4v) is 5.06. The smallest absolute Gasteiger partial charge is 0.0256 e. The molecule has 0 aromatic heterocycles. The van der Waals surface area contributed by atoms with Gasteiger partial charge in [0.1, 0.15) is 0 Å². The van der Waals surface area contributed by atoms with E-state index in [1.807, 2.05) is 0 Å². The van der Waals surface area contributed by atoms with E-state index in [-0.39, 0.29) is 0 Å². The second-order valence-corrected chi connectivity index (χ2v) is 6.28. The Bertz CT molecular complexity index is 150. The van der Waals surface area contributed by atoms with E-state index >= 15 is 0 Å². The molecule has 4 aliphatic carbocycles. The van der Waals surface area contributed by atoms with E-state index in [1.54, 1.807) is 25.7 Å². The number of hydrogen-bond donors (Lipinski definition) is 0. The van der Waals surface area contributed by atoms with E-state index < -0.39 is 0 Å². The number of hydrogen-bond acceptors (Lipinski definition) is 0. The van der Waals surface area contributed by atoms with Gasteiger partial charge < -0.3 is 0 Å². The molecule has 4 fully saturated rings. The van der Waals surface area contributed by atoms with Crippen LogP contribution in [0.4, 0.5) is 0 Å². The summed E-state index contributed by atoms with van der Waals surface area (Å²) >= 11 is 2.74. The van der Waals surface area contributed by atoms with Crippen LogP contribution in [-0.4, -0.2) is 3.42 Å². The van der Waals surface area contributed by atoms with Crippen LogP contribution in [0.1, 0.15) is 25.7 Å². The van der Waals surface area contributed by atoms with Gasteiger partial charge in [0.05, 0.1) is 0 Å². The highest BCUT2D eigenvalue weighted by atomic mass is 127. The average Bonchev–Trinajstić information content (AvgIpc) is 2.27. The van der Waals surface area contributed by atoms with Gasteiger partial charge >= 0.3 is 0 Å². The van der Waals surface area contributed by atoms with Gasteiger partial charge in [-0.25, -0.2) is 0 Å². The molecule has 0 spiro atoms. The highest BCUT2D eigenvalue weighted by Crippen LogP contribution is 2.68. The van der Waals surface area contributed by atoms with Crippen molar-refractivity contribution >= 4 is 22.6 Å². The molecular formula is C8H11I. The lowest BCUT2D eigenvalue weighted by molar-refractivity contribution is 0.457. The minimum atomic E-state index is 0.813. The number of rotatable bonds is 0. The third-order valence-corrected chi connectivity index (χ3v) is 5.54. The standard InChI is InChI=1S/C8H11I/c9-8-3-5-1-7(8)2-6(5)4-8/h5-7H,1-4H2. The van der Waals surface area contributed by atoms with Crippen molar-refractivity contribution in [3.05, 3.63) is 0 Å². The molecule has 0 nitrogen and oxygen atoms in total. The second kappa shape index (κ2) is 1.34. The molecule has 0 amide bonds. The zero-order valence-corrected chi connectivity index (χ0v) is 7.60. The largest absolute Gasteiger partial charge is 0.0785 e. The molecule has 1 heteroatoms. The molecule has 0 aliphatic heterocycles. The van der Waals surface area contributed by atoms with Crippen LogP contribution in [0.5, 0.6) is 0 Å². The molecule has 0 N–H and O–H groups in total. The van der Waals surface area contributed by atoms with E-state index in [1.165, 1.54) is 11.8 Å². The van der Waals surface area contributed by atoms with E-state index in [2.05, 4.69) is 22.6 Å². The van der Waals surface area contributed by atoms with Gasteiger partial charge in [0.25, 0.3) is 0 Å². The molecule has 0 aromatic rings. The van der Waals surface area contributed by atoms with Gasteiger partial charge in [-0.3, -0.25) is 0 Å².